The normalized spacial score (nSPS) is 15.5. The van der Waals surface area contributed by atoms with Crippen molar-refractivity contribution in [3.63, 3.8) is 0 Å². The Labute approximate surface area is 188 Å². The first-order valence-corrected chi connectivity index (χ1v) is 10.9. The number of aliphatic hydroxyl groups is 1. The standard InChI is InChI=1S/C24H30N4O4/c1-18-25-24(26-32-18)15-19-7-9-21(10-8-19)31-17-20(29)16-27-11-13-28(14-12-27)22-5-3-4-6-23(22)30-2/h3-10,20,29H,11-17H2,1-2H3. The first-order valence-electron chi connectivity index (χ1n) is 10.9. The molecule has 1 fully saturated rings. The van der Waals surface area contributed by atoms with Crippen molar-refractivity contribution in [3.8, 4) is 11.5 Å². The molecule has 1 saturated heterocycles. The van der Waals surface area contributed by atoms with Crippen molar-refractivity contribution in [1.82, 2.24) is 15.0 Å². The summed E-state index contributed by atoms with van der Waals surface area (Å²) in [5.41, 5.74) is 2.20. The van der Waals surface area contributed by atoms with Crippen molar-refractivity contribution in [3.05, 3.63) is 65.8 Å². The van der Waals surface area contributed by atoms with Gasteiger partial charge in [0.15, 0.2) is 5.82 Å². The number of anilines is 1. The van der Waals surface area contributed by atoms with Crippen LogP contribution in [0.2, 0.25) is 0 Å². The van der Waals surface area contributed by atoms with Gasteiger partial charge in [-0.15, -0.1) is 0 Å². The summed E-state index contributed by atoms with van der Waals surface area (Å²) in [4.78, 5) is 8.82. The topological polar surface area (TPSA) is 84.1 Å². The van der Waals surface area contributed by atoms with Crippen molar-refractivity contribution in [2.75, 3.05) is 51.3 Å². The summed E-state index contributed by atoms with van der Waals surface area (Å²) < 4.78 is 16.3. The number of aromatic nitrogens is 2. The van der Waals surface area contributed by atoms with E-state index in [0.717, 1.165) is 48.9 Å². The van der Waals surface area contributed by atoms with Crippen molar-refractivity contribution < 1.29 is 19.1 Å². The molecule has 1 atom stereocenters. The zero-order valence-electron chi connectivity index (χ0n) is 18.6. The van der Waals surface area contributed by atoms with Crippen LogP contribution in [0.5, 0.6) is 11.5 Å². The van der Waals surface area contributed by atoms with Crippen molar-refractivity contribution in [1.29, 1.82) is 0 Å². The van der Waals surface area contributed by atoms with Gasteiger partial charge in [0.2, 0.25) is 5.89 Å². The monoisotopic (exact) mass is 438 g/mol. The number of aliphatic hydroxyl groups excluding tert-OH is 1. The Morgan fingerprint density at radius 2 is 1.81 bits per heavy atom. The molecule has 3 aromatic rings. The quantitative estimate of drug-likeness (QED) is 0.546. The number of para-hydroxylation sites is 2. The zero-order valence-corrected chi connectivity index (χ0v) is 18.6. The van der Waals surface area contributed by atoms with Crippen LogP contribution in [-0.2, 0) is 6.42 Å². The fraction of sp³-hybridized carbons (Fsp3) is 0.417. The van der Waals surface area contributed by atoms with Gasteiger partial charge in [0, 0.05) is 46.1 Å². The number of methoxy groups -OCH3 is 1. The largest absolute Gasteiger partial charge is 0.495 e. The van der Waals surface area contributed by atoms with E-state index in [9.17, 15) is 5.11 Å². The van der Waals surface area contributed by atoms with Gasteiger partial charge in [0.25, 0.3) is 0 Å². The summed E-state index contributed by atoms with van der Waals surface area (Å²) in [6.07, 6.45) is 0.0657. The summed E-state index contributed by atoms with van der Waals surface area (Å²) in [6.45, 7) is 6.20. The number of aryl methyl sites for hydroxylation is 1. The van der Waals surface area contributed by atoms with Gasteiger partial charge in [0.1, 0.15) is 24.2 Å². The lowest BCUT2D eigenvalue weighted by molar-refractivity contribution is 0.0663. The van der Waals surface area contributed by atoms with Gasteiger partial charge in [-0.2, -0.15) is 4.98 Å². The zero-order chi connectivity index (χ0) is 22.3. The van der Waals surface area contributed by atoms with Crippen LogP contribution in [0, 0.1) is 6.92 Å². The number of piperazine rings is 1. The Balaban J connectivity index is 1.19. The fourth-order valence-electron chi connectivity index (χ4n) is 3.90. The Morgan fingerprint density at radius 1 is 1.06 bits per heavy atom. The molecule has 2 heterocycles. The van der Waals surface area contributed by atoms with Crippen LogP contribution in [0.15, 0.2) is 53.1 Å². The predicted molar refractivity (Wildman–Crippen MR) is 121 cm³/mol. The molecule has 1 aliphatic rings. The maximum absolute atomic E-state index is 10.5. The lowest BCUT2D eigenvalue weighted by atomic mass is 10.1. The maximum Gasteiger partial charge on any atom is 0.223 e. The minimum atomic E-state index is -0.546. The van der Waals surface area contributed by atoms with Crippen molar-refractivity contribution in [2.24, 2.45) is 0 Å². The first-order chi connectivity index (χ1) is 15.6. The molecule has 1 aliphatic heterocycles. The second kappa shape index (κ2) is 10.5. The van der Waals surface area contributed by atoms with Gasteiger partial charge in [-0.3, -0.25) is 4.90 Å². The third-order valence-electron chi connectivity index (χ3n) is 5.56. The summed E-state index contributed by atoms with van der Waals surface area (Å²) in [6, 6.07) is 15.9. The highest BCUT2D eigenvalue weighted by Gasteiger charge is 2.21. The molecule has 0 saturated carbocycles. The van der Waals surface area contributed by atoms with E-state index in [1.807, 2.05) is 42.5 Å². The van der Waals surface area contributed by atoms with E-state index >= 15 is 0 Å². The number of nitrogens with zero attached hydrogens (tertiary/aromatic N) is 4. The van der Waals surface area contributed by atoms with Crippen LogP contribution in [-0.4, -0.2) is 72.7 Å². The molecule has 0 amide bonds. The van der Waals surface area contributed by atoms with Gasteiger partial charge >= 0.3 is 0 Å². The Kier molecular flexibility index (Phi) is 7.24. The van der Waals surface area contributed by atoms with E-state index in [1.165, 1.54) is 0 Å². The molecule has 1 aromatic heterocycles. The third-order valence-corrected chi connectivity index (χ3v) is 5.56. The van der Waals surface area contributed by atoms with Crippen LogP contribution in [0.1, 0.15) is 17.3 Å². The lowest BCUT2D eigenvalue weighted by Crippen LogP contribution is -2.49. The van der Waals surface area contributed by atoms with Gasteiger partial charge in [-0.05, 0) is 29.8 Å². The molecule has 8 nitrogen and oxygen atoms in total. The second-order valence-electron chi connectivity index (χ2n) is 7.97. The molecular formula is C24H30N4O4. The summed E-state index contributed by atoms with van der Waals surface area (Å²) in [5, 5.41) is 14.4. The molecule has 0 aliphatic carbocycles. The molecule has 0 bridgehead atoms. The van der Waals surface area contributed by atoms with E-state index < -0.39 is 6.10 Å². The summed E-state index contributed by atoms with van der Waals surface area (Å²) in [5.74, 6) is 2.86. The molecule has 1 N–H and O–H groups in total. The molecule has 32 heavy (non-hydrogen) atoms. The molecule has 2 aromatic carbocycles. The van der Waals surface area contributed by atoms with Crippen LogP contribution in [0.3, 0.4) is 0 Å². The maximum atomic E-state index is 10.5. The number of hydrogen-bond donors (Lipinski definition) is 1. The Bertz CT molecular complexity index is 984. The highest BCUT2D eigenvalue weighted by molar-refractivity contribution is 5.58. The predicted octanol–water partition coefficient (Wildman–Crippen LogP) is 2.54. The van der Waals surface area contributed by atoms with E-state index in [2.05, 4.69) is 26.0 Å². The van der Waals surface area contributed by atoms with Gasteiger partial charge in [-0.25, -0.2) is 0 Å². The summed E-state index contributed by atoms with van der Waals surface area (Å²) >= 11 is 0. The van der Waals surface area contributed by atoms with Gasteiger partial charge < -0.3 is 24.0 Å². The third kappa shape index (κ3) is 5.77. The molecular weight excluding hydrogens is 408 g/mol. The number of rotatable bonds is 9. The van der Waals surface area contributed by atoms with Crippen LogP contribution in [0.25, 0.3) is 0 Å². The van der Waals surface area contributed by atoms with Gasteiger partial charge in [-0.1, -0.05) is 29.4 Å². The lowest BCUT2D eigenvalue weighted by Gasteiger charge is -2.37. The molecule has 0 spiro atoms. The highest BCUT2D eigenvalue weighted by atomic mass is 16.5. The highest BCUT2D eigenvalue weighted by Crippen LogP contribution is 2.28. The van der Waals surface area contributed by atoms with Crippen LogP contribution < -0.4 is 14.4 Å². The minimum absolute atomic E-state index is 0.260. The van der Waals surface area contributed by atoms with E-state index in [0.29, 0.717) is 24.7 Å². The molecule has 8 heteroatoms. The molecule has 0 radical (unpaired) electrons. The minimum Gasteiger partial charge on any atom is -0.495 e. The van der Waals surface area contributed by atoms with E-state index in [4.69, 9.17) is 14.0 Å². The van der Waals surface area contributed by atoms with Crippen molar-refractivity contribution >= 4 is 5.69 Å². The van der Waals surface area contributed by atoms with E-state index in [-0.39, 0.29) is 6.61 Å². The van der Waals surface area contributed by atoms with E-state index in [1.54, 1.807) is 14.0 Å². The molecule has 4 rings (SSSR count). The fourth-order valence-corrected chi connectivity index (χ4v) is 3.90. The smallest absolute Gasteiger partial charge is 0.223 e. The summed E-state index contributed by atoms with van der Waals surface area (Å²) in [7, 11) is 1.70. The Morgan fingerprint density at radius 3 is 2.50 bits per heavy atom. The SMILES string of the molecule is COc1ccccc1N1CCN(CC(O)COc2ccc(Cc3noc(C)n3)cc2)CC1. The van der Waals surface area contributed by atoms with Crippen LogP contribution >= 0.6 is 0 Å². The number of ether oxygens (including phenoxy) is 2. The average Bonchev–Trinajstić information content (AvgIpc) is 3.23. The Hall–Kier alpha value is -3.10. The molecule has 1 unspecified atom stereocenters. The number of β-amino-alcohol motifs (C(OH)–C–C–N with tert-alkyl or cyclic N) is 1. The van der Waals surface area contributed by atoms with Gasteiger partial charge in [0.05, 0.1) is 12.8 Å². The number of benzene rings is 2. The van der Waals surface area contributed by atoms with Crippen LogP contribution in [0.4, 0.5) is 5.69 Å². The molecule has 170 valence electrons. The first kappa shape index (κ1) is 22.1. The van der Waals surface area contributed by atoms with Crippen molar-refractivity contribution in [2.45, 2.75) is 19.4 Å². The second-order valence-corrected chi connectivity index (χ2v) is 7.97. The number of hydrogen-bond acceptors (Lipinski definition) is 8. The average molecular weight is 439 g/mol.